The number of carbonyl (C=O) groups excluding carboxylic acids is 1. The van der Waals surface area contributed by atoms with Crippen molar-refractivity contribution < 1.29 is 17.6 Å². The summed E-state index contributed by atoms with van der Waals surface area (Å²) in [7, 11) is -4.00. The van der Waals surface area contributed by atoms with E-state index in [4.69, 9.17) is 14.8 Å². The van der Waals surface area contributed by atoms with Crippen molar-refractivity contribution in [2.24, 2.45) is 5.14 Å². The van der Waals surface area contributed by atoms with E-state index in [1.807, 2.05) is 6.07 Å². The van der Waals surface area contributed by atoms with Crippen LogP contribution in [0.15, 0.2) is 45.9 Å². The standard InChI is InChI=1S/C12H9N3O4S/c13-7-8-3-1-2-4-9(8)15-12(16)10-5-6-11(19-10)20(14,17)18/h1-6H,(H,15,16)(H2,14,17,18). The van der Waals surface area contributed by atoms with Crippen molar-refractivity contribution in [2.75, 3.05) is 5.32 Å². The molecule has 2 rings (SSSR count). The van der Waals surface area contributed by atoms with Crippen LogP contribution in [-0.2, 0) is 10.0 Å². The van der Waals surface area contributed by atoms with Crippen LogP contribution in [0.4, 0.5) is 5.69 Å². The van der Waals surface area contributed by atoms with E-state index in [9.17, 15) is 13.2 Å². The molecule has 0 spiro atoms. The maximum absolute atomic E-state index is 11.9. The van der Waals surface area contributed by atoms with Gasteiger partial charge in [0.05, 0.1) is 11.3 Å². The SMILES string of the molecule is N#Cc1ccccc1NC(=O)c1ccc(S(N)(=O)=O)o1. The Hall–Kier alpha value is -2.63. The lowest BCUT2D eigenvalue weighted by Crippen LogP contribution is -2.13. The van der Waals surface area contributed by atoms with Crippen molar-refractivity contribution in [3.63, 3.8) is 0 Å². The van der Waals surface area contributed by atoms with Gasteiger partial charge in [-0.3, -0.25) is 4.79 Å². The van der Waals surface area contributed by atoms with E-state index in [0.29, 0.717) is 5.69 Å². The molecule has 102 valence electrons. The number of nitriles is 1. The largest absolute Gasteiger partial charge is 0.438 e. The molecule has 1 amide bonds. The van der Waals surface area contributed by atoms with Crippen LogP contribution in [0, 0.1) is 11.3 Å². The minimum Gasteiger partial charge on any atom is -0.438 e. The minimum absolute atomic E-state index is 0.221. The van der Waals surface area contributed by atoms with Crippen molar-refractivity contribution in [3.8, 4) is 6.07 Å². The van der Waals surface area contributed by atoms with E-state index in [0.717, 1.165) is 6.07 Å². The number of sulfonamides is 1. The second-order valence-electron chi connectivity index (χ2n) is 3.78. The number of anilines is 1. The fraction of sp³-hybridized carbons (Fsp3) is 0. The Kier molecular flexibility index (Phi) is 3.56. The third-order valence-electron chi connectivity index (χ3n) is 2.38. The molecule has 1 heterocycles. The summed E-state index contributed by atoms with van der Waals surface area (Å²) in [6.07, 6.45) is 0. The molecule has 0 atom stereocenters. The number of amides is 1. The van der Waals surface area contributed by atoms with Gasteiger partial charge in [0.25, 0.3) is 15.9 Å². The van der Waals surface area contributed by atoms with Gasteiger partial charge < -0.3 is 9.73 Å². The molecule has 0 aliphatic carbocycles. The summed E-state index contributed by atoms with van der Waals surface area (Å²) in [5.41, 5.74) is 0.577. The first-order valence-corrected chi connectivity index (χ1v) is 6.89. The van der Waals surface area contributed by atoms with Gasteiger partial charge in [-0.1, -0.05) is 12.1 Å². The molecular weight excluding hydrogens is 282 g/mol. The molecule has 20 heavy (non-hydrogen) atoms. The number of rotatable bonds is 3. The van der Waals surface area contributed by atoms with Crippen LogP contribution in [0.3, 0.4) is 0 Å². The third-order valence-corrected chi connectivity index (χ3v) is 3.16. The van der Waals surface area contributed by atoms with Gasteiger partial charge in [0.1, 0.15) is 6.07 Å². The molecule has 0 saturated carbocycles. The van der Waals surface area contributed by atoms with E-state index >= 15 is 0 Å². The zero-order valence-electron chi connectivity index (χ0n) is 10.0. The molecule has 7 nitrogen and oxygen atoms in total. The average Bonchev–Trinajstić information content (AvgIpc) is 2.89. The lowest BCUT2D eigenvalue weighted by molar-refractivity contribution is 0.0991. The number of nitrogens with two attached hydrogens (primary N) is 1. The summed E-state index contributed by atoms with van der Waals surface area (Å²) >= 11 is 0. The lowest BCUT2D eigenvalue weighted by Gasteiger charge is -2.04. The molecule has 0 aliphatic rings. The van der Waals surface area contributed by atoms with Gasteiger partial charge in [0.15, 0.2) is 5.76 Å². The van der Waals surface area contributed by atoms with E-state index in [2.05, 4.69) is 5.32 Å². The van der Waals surface area contributed by atoms with Gasteiger partial charge in [0, 0.05) is 0 Å². The highest BCUT2D eigenvalue weighted by Gasteiger charge is 2.18. The van der Waals surface area contributed by atoms with Gasteiger partial charge >= 0.3 is 0 Å². The smallest absolute Gasteiger partial charge is 0.291 e. The predicted octanol–water partition coefficient (Wildman–Crippen LogP) is 1.05. The van der Waals surface area contributed by atoms with E-state index in [-0.39, 0.29) is 11.3 Å². The van der Waals surface area contributed by atoms with Gasteiger partial charge in [-0.15, -0.1) is 0 Å². The average molecular weight is 291 g/mol. The number of furan rings is 1. The van der Waals surface area contributed by atoms with Crippen LogP contribution in [0.5, 0.6) is 0 Å². The monoisotopic (exact) mass is 291 g/mol. The van der Waals surface area contributed by atoms with Crippen molar-refractivity contribution >= 4 is 21.6 Å². The van der Waals surface area contributed by atoms with Crippen LogP contribution < -0.4 is 10.5 Å². The maximum atomic E-state index is 11.9. The number of hydrogen-bond donors (Lipinski definition) is 2. The normalized spacial score (nSPS) is 10.8. The molecule has 0 unspecified atom stereocenters. The molecule has 1 aromatic carbocycles. The number of nitrogens with one attached hydrogen (secondary N) is 1. The lowest BCUT2D eigenvalue weighted by atomic mass is 10.2. The Bertz CT molecular complexity index is 802. The highest BCUT2D eigenvalue weighted by atomic mass is 32.2. The first-order valence-electron chi connectivity index (χ1n) is 5.35. The van der Waals surface area contributed by atoms with Gasteiger partial charge in [0.2, 0.25) is 5.09 Å². The predicted molar refractivity (Wildman–Crippen MR) is 69.2 cm³/mol. The zero-order valence-corrected chi connectivity index (χ0v) is 10.8. The fourth-order valence-corrected chi connectivity index (χ4v) is 1.93. The van der Waals surface area contributed by atoms with Crippen LogP contribution in [0.25, 0.3) is 0 Å². The molecule has 1 aromatic heterocycles. The fourth-order valence-electron chi connectivity index (χ4n) is 1.47. The Balaban J connectivity index is 2.25. The summed E-state index contributed by atoms with van der Waals surface area (Å²) in [5.74, 6) is -0.899. The number of carbonyl (C=O) groups is 1. The topological polar surface area (TPSA) is 126 Å². The van der Waals surface area contributed by atoms with E-state index in [1.165, 1.54) is 12.1 Å². The molecule has 2 aromatic rings. The van der Waals surface area contributed by atoms with Gasteiger partial charge in [-0.25, -0.2) is 13.6 Å². The summed E-state index contributed by atoms with van der Waals surface area (Å²) < 4.78 is 26.9. The molecule has 8 heteroatoms. The third kappa shape index (κ3) is 2.85. The quantitative estimate of drug-likeness (QED) is 0.874. The van der Waals surface area contributed by atoms with Crippen LogP contribution in [-0.4, -0.2) is 14.3 Å². The molecule has 0 radical (unpaired) electrons. The second kappa shape index (κ2) is 5.16. The first kappa shape index (κ1) is 13.8. The molecule has 3 N–H and O–H groups in total. The maximum Gasteiger partial charge on any atom is 0.291 e. The second-order valence-corrected chi connectivity index (χ2v) is 5.27. The summed E-state index contributed by atoms with van der Waals surface area (Å²) in [6, 6.07) is 10.6. The Morgan fingerprint density at radius 1 is 1.25 bits per heavy atom. The number of hydrogen-bond acceptors (Lipinski definition) is 5. The summed E-state index contributed by atoms with van der Waals surface area (Å²) in [6.45, 7) is 0. The molecule has 0 saturated heterocycles. The van der Waals surface area contributed by atoms with Crippen molar-refractivity contribution in [1.82, 2.24) is 0 Å². The zero-order chi connectivity index (χ0) is 14.8. The van der Waals surface area contributed by atoms with Crippen molar-refractivity contribution in [3.05, 3.63) is 47.7 Å². The van der Waals surface area contributed by atoms with E-state index < -0.39 is 21.0 Å². The first-order chi connectivity index (χ1) is 9.41. The number of nitrogens with zero attached hydrogens (tertiary/aromatic N) is 1. The number of benzene rings is 1. The van der Waals surface area contributed by atoms with E-state index in [1.54, 1.807) is 18.2 Å². The van der Waals surface area contributed by atoms with Crippen LogP contribution in [0.1, 0.15) is 16.1 Å². The molecule has 0 fully saturated rings. The summed E-state index contributed by atoms with van der Waals surface area (Å²) in [4.78, 5) is 11.9. The summed E-state index contributed by atoms with van der Waals surface area (Å²) in [5, 5.41) is 15.7. The Labute approximate surface area is 114 Å². The highest BCUT2D eigenvalue weighted by Crippen LogP contribution is 2.17. The van der Waals surface area contributed by atoms with Crippen LogP contribution in [0.2, 0.25) is 0 Å². The Morgan fingerprint density at radius 3 is 2.55 bits per heavy atom. The molecule has 0 aliphatic heterocycles. The number of para-hydroxylation sites is 1. The number of primary sulfonamides is 1. The molecular formula is C12H9N3O4S. The van der Waals surface area contributed by atoms with Gasteiger partial charge in [-0.2, -0.15) is 5.26 Å². The van der Waals surface area contributed by atoms with Crippen molar-refractivity contribution in [2.45, 2.75) is 5.09 Å². The minimum atomic E-state index is -4.00. The van der Waals surface area contributed by atoms with Crippen LogP contribution >= 0.6 is 0 Å². The van der Waals surface area contributed by atoms with Crippen molar-refractivity contribution in [1.29, 1.82) is 5.26 Å². The molecule has 0 bridgehead atoms. The van der Waals surface area contributed by atoms with Gasteiger partial charge in [-0.05, 0) is 24.3 Å². The highest BCUT2D eigenvalue weighted by molar-refractivity contribution is 7.89. The Morgan fingerprint density at radius 2 is 1.95 bits per heavy atom.